The molecule has 178 valence electrons. The number of aromatic amines is 1. The van der Waals surface area contributed by atoms with Gasteiger partial charge in [0.25, 0.3) is 5.91 Å². The van der Waals surface area contributed by atoms with Gasteiger partial charge < -0.3 is 14.5 Å². The lowest BCUT2D eigenvalue weighted by molar-refractivity contribution is -0.116. The Labute approximate surface area is 195 Å². The third-order valence-corrected chi connectivity index (χ3v) is 6.61. The fourth-order valence-corrected chi connectivity index (χ4v) is 4.48. The number of amides is 1. The molecule has 0 radical (unpaired) electrons. The SMILES string of the molecule is COC(C)N(CCc1c(C)[nH]c(C=C2CN(c3cnccn3)NC2=O)c1C1CC1)C(C)OC. The van der Waals surface area contributed by atoms with Gasteiger partial charge in [0.1, 0.15) is 12.5 Å². The van der Waals surface area contributed by atoms with Crippen LogP contribution in [0, 0.1) is 6.92 Å². The Morgan fingerprint density at radius 3 is 2.58 bits per heavy atom. The number of hydrazine groups is 1. The molecule has 0 spiro atoms. The van der Waals surface area contributed by atoms with E-state index in [0.29, 0.717) is 23.9 Å². The van der Waals surface area contributed by atoms with Gasteiger partial charge in [-0.3, -0.25) is 25.1 Å². The van der Waals surface area contributed by atoms with Crippen molar-refractivity contribution in [1.29, 1.82) is 0 Å². The van der Waals surface area contributed by atoms with Gasteiger partial charge in [-0.2, -0.15) is 0 Å². The fraction of sp³-hybridized carbons (Fsp3) is 0.542. The molecular weight excluding hydrogens is 420 g/mol. The highest BCUT2D eigenvalue weighted by Crippen LogP contribution is 2.45. The van der Waals surface area contributed by atoms with Gasteiger partial charge in [0, 0.05) is 50.1 Å². The molecule has 33 heavy (non-hydrogen) atoms. The molecule has 0 aromatic carbocycles. The molecule has 2 unspecified atom stereocenters. The molecular formula is C24H34N6O3. The molecule has 9 nitrogen and oxygen atoms in total. The summed E-state index contributed by atoms with van der Waals surface area (Å²) < 4.78 is 11.1. The highest BCUT2D eigenvalue weighted by Gasteiger charge is 2.33. The van der Waals surface area contributed by atoms with Gasteiger partial charge in [0.05, 0.1) is 12.7 Å². The van der Waals surface area contributed by atoms with Crippen LogP contribution in [0.15, 0.2) is 24.2 Å². The van der Waals surface area contributed by atoms with E-state index in [1.54, 1.807) is 37.8 Å². The molecule has 1 amide bonds. The number of methoxy groups -OCH3 is 2. The van der Waals surface area contributed by atoms with Gasteiger partial charge in [0.15, 0.2) is 5.82 Å². The molecule has 2 atom stereocenters. The summed E-state index contributed by atoms with van der Waals surface area (Å²) in [6.45, 7) is 7.46. The highest BCUT2D eigenvalue weighted by atomic mass is 16.5. The summed E-state index contributed by atoms with van der Waals surface area (Å²) in [6.07, 6.45) is 10.1. The number of nitrogens with one attached hydrogen (secondary N) is 2. The zero-order valence-electron chi connectivity index (χ0n) is 20.1. The second-order valence-corrected chi connectivity index (χ2v) is 8.75. The molecule has 3 heterocycles. The van der Waals surface area contributed by atoms with Crippen LogP contribution in [0.25, 0.3) is 6.08 Å². The van der Waals surface area contributed by atoms with E-state index >= 15 is 0 Å². The monoisotopic (exact) mass is 454 g/mol. The van der Waals surface area contributed by atoms with E-state index in [1.165, 1.54) is 24.0 Å². The van der Waals surface area contributed by atoms with Crippen LogP contribution in [0.5, 0.6) is 0 Å². The van der Waals surface area contributed by atoms with Crippen LogP contribution in [0.1, 0.15) is 55.1 Å². The largest absolute Gasteiger partial charge is 0.367 e. The van der Waals surface area contributed by atoms with Crippen molar-refractivity contribution in [2.24, 2.45) is 0 Å². The first-order chi connectivity index (χ1) is 15.9. The Morgan fingerprint density at radius 2 is 1.97 bits per heavy atom. The molecule has 4 rings (SSSR count). The van der Waals surface area contributed by atoms with Gasteiger partial charge in [-0.15, -0.1) is 0 Å². The summed E-state index contributed by atoms with van der Waals surface area (Å²) >= 11 is 0. The van der Waals surface area contributed by atoms with Crippen molar-refractivity contribution in [2.45, 2.75) is 58.4 Å². The maximum Gasteiger partial charge on any atom is 0.267 e. The van der Waals surface area contributed by atoms with E-state index < -0.39 is 0 Å². The summed E-state index contributed by atoms with van der Waals surface area (Å²) in [5.41, 5.74) is 8.47. The Hall–Kier alpha value is -2.75. The minimum absolute atomic E-state index is 0.0422. The average molecular weight is 455 g/mol. The molecule has 1 saturated heterocycles. The van der Waals surface area contributed by atoms with Crippen molar-refractivity contribution in [3.8, 4) is 0 Å². The number of rotatable bonds is 10. The van der Waals surface area contributed by atoms with Crippen LogP contribution >= 0.6 is 0 Å². The molecule has 9 heteroatoms. The molecule has 2 N–H and O–H groups in total. The predicted molar refractivity (Wildman–Crippen MR) is 126 cm³/mol. The van der Waals surface area contributed by atoms with Crippen molar-refractivity contribution < 1.29 is 14.3 Å². The molecule has 2 fully saturated rings. The van der Waals surface area contributed by atoms with E-state index in [4.69, 9.17) is 9.47 Å². The summed E-state index contributed by atoms with van der Waals surface area (Å²) in [5.74, 6) is 1.07. The maximum atomic E-state index is 12.7. The van der Waals surface area contributed by atoms with Gasteiger partial charge in [-0.1, -0.05) is 0 Å². The van der Waals surface area contributed by atoms with Crippen molar-refractivity contribution >= 4 is 17.8 Å². The molecule has 0 bridgehead atoms. The standard InChI is InChI=1S/C24H34N6O3/c1-15-20(8-11-29(16(2)32-4)17(3)33-5)23(18-6-7-18)21(27-15)12-19-14-30(28-24(19)31)22-13-25-9-10-26-22/h9-10,12-13,16-18,27H,6-8,11,14H2,1-5H3,(H,28,31). The van der Waals surface area contributed by atoms with Crippen LogP contribution < -0.4 is 10.4 Å². The zero-order valence-corrected chi connectivity index (χ0v) is 20.1. The Morgan fingerprint density at radius 1 is 1.24 bits per heavy atom. The lowest BCUT2D eigenvalue weighted by Crippen LogP contribution is -2.43. The lowest BCUT2D eigenvalue weighted by Gasteiger charge is -2.32. The zero-order chi connectivity index (χ0) is 23.5. The number of aryl methyl sites for hydroxylation is 1. The van der Waals surface area contributed by atoms with Gasteiger partial charge in [0.2, 0.25) is 0 Å². The molecule has 2 aliphatic rings. The molecule has 2 aromatic rings. The van der Waals surface area contributed by atoms with Crippen LogP contribution in [0.3, 0.4) is 0 Å². The third kappa shape index (κ3) is 5.10. The van der Waals surface area contributed by atoms with Gasteiger partial charge in [-0.05, 0) is 63.2 Å². The minimum Gasteiger partial charge on any atom is -0.367 e. The number of carbonyl (C=O) groups excluding carboxylic acids is 1. The quantitative estimate of drug-likeness (QED) is 0.421. The lowest BCUT2D eigenvalue weighted by atomic mass is 10.00. The number of hydrogen-bond donors (Lipinski definition) is 2. The van der Waals surface area contributed by atoms with Gasteiger partial charge >= 0.3 is 0 Å². The summed E-state index contributed by atoms with van der Waals surface area (Å²) in [5, 5.41) is 1.73. The van der Waals surface area contributed by atoms with Gasteiger partial charge in [-0.25, -0.2) is 4.98 Å². The second kappa shape index (κ2) is 10.0. The van der Waals surface area contributed by atoms with E-state index in [2.05, 4.69) is 32.2 Å². The van der Waals surface area contributed by atoms with Crippen molar-refractivity contribution in [1.82, 2.24) is 25.3 Å². The number of aromatic nitrogens is 3. The second-order valence-electron chi connectivity index (χ2n) is 8.75. The number of ether oxygens (including phenoxy) is 2. The number of H-pyrrole nitrogens is 1. The molecule has 2 aromatic heterocycles. The molecule has 1 saturated carbocycles. The van der Waals surface area contributed by atoms with Crippen molar-refractivity contribution in [3.05, 3.63) is 46.7 Å². The summed E-state index contributed by atoms with van der Waals surface area (Å²) in [4.78, 5) is 26.8. The summed E-state index contributed by atoms with van der Waals surface area (Å²) in [6, 6.07) is 0. The predicted octanol–water partition coefficient (Wildman–Crippen LogP) is 2.75. The van der Waals surface area contributed by atoms with Crippen molar-refractivity contribution in [3.63, 3.8) is 0 Å². The minimum atomic E-state index is -0.106. The molecule has 1 aliphatic heterocycles. The Kier molecular flexibility index (Phi) is 7.11. The Balaban J connectivity index is 1.57. The van der Waals surface area contributed by atoms with E-state index in [1.807, 2.05) is 19.9 Å². The average Bonchev–Trinajstić information content (AvgIpc) is 3.53. The first-order valence-corrected chi connectivity index (χ1v) is 11.5. The number of carbonyl (C=O) groups is 1. The van der Waals surface area contributed by atoms with Crippen molar-refractivity contribution in [2.75, 3.05) is 32.3 Å². The summed E-state index contributed by atoms with van der Waals surface area (Å²) in [7, 11) is 3.44. The highest BCUT2D eigenvalue weighted by molar-refractivity contribution is 6.02. The first-order valence-electron chi connectivity index (χ1n) is 11.5. The topological polar surface area (TPSA) is 95.6 Å². The normalized spacial score (nSPS) is 19.4. The fourth-order valence-electron chi connectivity index (χ4n) is 4.48. The van der Waals surface area contributed by atoms with E-state index in [-0.39, 0.29) is 18.4 Å². The first kappa shape index (κ1) is 23.4. The number of nitrogens with zero attached hydrogens (tertiary/aromatic N) is 4. The van der Waals surface area contributed by atoms with Crippen LogP contribution in [0.4, 0.5) is 5.82 Å². The Bertz CT molecular complexity index is 991. The number of hydrogen-bond acceptors (Lipinski definition) is 7. The number of anilines is 1. The van der Waals surface area contributed by atoms with Crippen LogP contribution in [-0.2, 0) is 20.7 Å². The third-order valence-electron chi connectivity index (χ3n) is 6.61. The van der Waals surface area contributed by atoms with Crippen LogP contribution in [-0.4, -0.2) is 65.5 Å². The molecule has 1 aliphatic carbocycles. The smallest absolute Gasteiger partial charge is 0.267 e. The van der Waals surface area contributed by atoms with Crippen LogP contribution in [0.2, 0.25) is 0 Å². The van der Waals surface area contributed by atoms with E-state index in [0.717, 1.165) is 24.4 Å². The van der Waals surface area contributed by atoms with E-state index in [9.17, 15) is 4.79 Å². The maximum absolute atomic E-state index is 12.7.